The van der Waals surface area contributed by atoms with Gasteiger partial charge in [0, 0.05) is 11.8 Å². The highest BCUT2D eigenvalue weighted by Gasteiger charge is 2.63. The van der Waals surface area contributed by atoms with Crippen molar-refractivity contribution in [2.45, 2.75) is 63.1 Å². The Morgan fingerprint density at radius 3 is 2.28 bits per heavy atom. The number of benzene rings is 2. The van der Waals surface area contributed by atoms with Crippen molar-refractivity contribution in [2.24, 2.45) is 23.7 Å². The highest BCUT2D eigenvalue weighted by Crippen LogP contribution is 2.62. The minimum atomic E-state index is -0.351. The third-order valence-corrected chi connectivity index (χ3v) is 8.50. The zero-order chi connectivity index (χ0) is 21.7. The first-order chi connectivity index (χ1) is 15.7. The number of esters is 2. The van der Waals surface area contributed by atoms with Crippen molar-refractivity contribution in [3.63, 3.8) is 0 Å². The molecule has 4 heteroatoms. The second-order valence-corrected chi connectivity index (χ2v) is 10.1. The highest BCUT2D eigenvalue weighted by atomic mass is 16.6. The summed E-state index contributed by atoms with van der Waals surface area (Å²) in [6.07, 6.45) is 6.55. The predicted octanol–water partition coefficient (Wildman–Crippen LogP) is 5.31. The van der Waals surface area contributed by atoms with Gasteiger partial charge in [-0.25, -0.2) is 4.79 Å². The molecule has 2 aromatic rings. The fourth-order valence-corrected chi connectivity index (χ4v) is 7.11. The number of fused-ring (bicyclic) bond motifs is 7. The number of carbonyl (C=O) groups excluding carboxylic acids is 2. The smallest absolute Gasteiger partial charge is 0.338 e. The average Bonchev–Trinajstić information content (AvgIpc) is 3.50. The molecule has 6 unspecified atom stereocenters. The molecule has 166 valence electrons. The monoisotopic (exact) mass is 430 g/mol. The molecule has 0 N–H and O–H groups in total. The maximum Gasteiger partial charge on any atom is 0.338 e. The third kappa shape index (κ3) is 3.27. The zero-order valence-corrected chi connectivity index (χ0v) is 18.3. The molecule has 4 nitrogen and oxygen atoms in total. The standard InChI is InChI=1S/C28H30O4/c29-27(17-9-3-1-4-10-17)31-25-22-16-23(24-20-14-8-7-13-19(20)15-21(22)24)26(25)32-28(30)18-11-5-2-6-12-18/h1,3-4,7-10,13-14,18,21-26H,2,5-6,11-12,15-16H2. The van der Waals surface area contributed by atoms with Crippen LogP contribution >= 0.6 is 0 Å². The zero-order valence-electron chi connectivity index (χ0n) is 18.3. The molecule has 0 amide bonds. The lowest BCUT2D eigenvalue weighted by atomic mass is 9.76. The molecule has 2 aromatic carbocycles. The van der Waals surface area contributed by atoms with E-state index in [1.807, 2.05) is 18.2 Å². The molecule has 0 aliphatic heterocycles. The van der Waals surface area contributed by atoms with Gasteiger partial charge in [0.1, 0.15) is 12.2 Å². The Morgan fingerprint density at radius 2 is 1.47 bits per heavy atom. The van der Waals surface area contributed by atoms with Crippen LogP contribution in [0.25, 0.3) is 0 Å². The van der Waals surface area contributed by atoms with Crippen molar-refractivity contribution in [2.75, 3.05) is 0 Å². The largest absolute Gasteiger partial charge is 0.458 e. The van der Waals surface area contributed by atoms with Crippen LogP contribution in [0.3, 0.4) is 0 Å². The summed E-state index contributed by atoms with van der Waals surface area (Å²) in [7, 11) is 0. The molecule has 4 aliphatic rings. The molecular formula is C28H30O4. The van der Waals surface area contributed by atoms with Crippen molar-refractivity contribution in [3.8, 4) is 0 Å². The molecule has 4 aliphatic carbocycles. The van der Waals surface area contributed by atoms with E-state index in [9.17, 15) is 9.59 Å². The molecule has 2 bridgehead atoms. The molecule has 3 fully saturated rings. The molecule has 0 radical (unpaired) electrons. The van der Waals surface area contributed by atoms with Gasteiger partial charge in [0.2, 0.25) is 0 Å². The van der Waals surface area contributed by atoms with Gasteiger partial charge in [-0.05, 0) is 60.8 Å². The molecule has 3 saturated carbocycles. The molecular weight excluding hydrogens is 400 g/mol. The molecule has 6 atom stereocenters. The Labute approximate surface area is 189 Å². The van der Waals surface area contributed by atoms with Gasteiger partial charge in [0.05, 0.1) is 11.5 Å². The van der Waals surface area contributed by atoms with Crippen molar-refractivity contribution in [3.05, 3.63) is 71.3 Å². The minimum Gasteiger partial charge on any atom is -0.458 e. The summed E-state index contributed by atoms with van der Waals surface area (Å²) in [6, 6.07) is 17.8. The molecule has 0 aromatic heterocycles. The topological polar surface area (TPSA) is 52.6 Å². The van der Waals surface area contributed by atoms with Gasteiger partial charge in [-0.2, -0.15) is 0 Å². The summed E-state index contributed by atoms with van der Waals surface area (Å²) >= 11 is 0. The lowest BCUT2D eigenvalue weighted by Gasteiger charge is -2.38. The highest BCUT2D eigenvalue weighted by molar-refractivity contribution is 5.89. The lowest BCUT2D eigenvalue weighted by molar-refractivity contribution is -0.167. The third-order valence-electron chi connectivity index (χ3n) is 8.50. The van der Waals surface area contributed by atoms with E-state index in [1.165, 1.54) is 17.5 Å². The Bertz CT molecular complexity index is 1010. The first-order valence-corrected chi connectivity index (χ1v) is 12.2. The fraction of sp³-hybridized carbons (Fsp3) is 0.500. The van der Waals surface area contributed by atoms with Gasteiger partial charge in [-0.3, -0.25) is 4.79 Å². The van der Waals surface area contributed by atoms with Crippen LogP contribution < -0.4 is 0 Å². The van der Waals surface area contributed by atoms with E-state index in [-0.39, 0.29) is 41.9 Å². The fourth-order valence-electron chi connectivity index (χ4n) is 7.11. The molecule has 6 rings (SSSR count). The van der Waals surface area contributed by atoms with Crippen LogP contribution in [0.5, 0.6) is 0 Å². The van der Waals surface area contributed by atoms with E-state index in [4.69, 9.17) is 9.47 Å². The van der Waals surface area contributed by atoms with Crippen molar-refractivity contribution >= 4 is 11.9 Å². The number of ether oxygens (including phenoxy) is 2. The quantitative estimate of drug-likeness (QED) is 0.617. The van der Waals surface area contributed by atoms with E-state index in [0.29, 0.717) is 17.4 Å². The summed E-state index contributed by atoms with van der Waals surface area (Å²) in [5.74, 6) is 0.964. The summed E-state index contributed by atoms with van der Waals surface area (Å²) in [6.45, 7) is 0. The number of rotatable bonds is 4. The second-order valence-electron chi connectivity index (χ2n) is 10.1. The summed E-state index contributed by atoms with van der Waals surface area (Å²) in [5.41, 5.74) is 3.38. The molecule has 0 heterocycles. The predicted molar refractivity (Wildman–Crippen MR) is 120 cm³/mol. The Kier molecular flexibility index (Phi) is 5.04. The molecule has 0 saturated heterocycles. The number of hydrogen-bond donors (Lipinski definition) is 0. The Hall–Kier alpha value is -2.62. The van der Waals surface area contributed by atoms with Gasteiger partial charge in [-0.1, -0.05) is 61.7 Å². The van der Waals surface area contributed by atoms with Crippen molar-refractivity contribution in [1.82, 2.24) is 0 Å². The van der Waals surface area contributed by atoms with E-state index < -0.39 is 0 Å². The van der Waals surface area contributed by atoms with Crippen molar-refractivity contribution < 1.29 is 19.1 Å². The van der Waals surface area contributed by atoms with Gasteiger partial charge in [0.25, 0.3) is 0 Å². The SMILES string of the molecule is O=C(OC1C2CC(C1OC(=O)C1CCCCC1)C1c3ccccc3CC21)c1ccccc1. The number of carbonyl (C=O) groups is 2. The first kappa shape index (κ1) is 20.0. The van der Waals surface area contributed by atoms with Crippen LogP contribution in [-0.4, -0.2) is 24.1 Å². The van der Waals surface area contributed by atoms with Gasteiger partial charge < -0.3 is 9.47 Å². The van der Waals surface area contributed by atoms with Gasteiger partial charge in [-0.15, -0.1) is 0 Å². The molecule has 0 spiro atoms. The van der Waals surface area contributed by atoms with Crippen LogP contribution in [-0.2, 0) is 20.7 Å². The van der Waals surface area contributed by atoms with Crippen LogP contribution in [0, 0.1) is 23.7 Å². The second kappa shape index (κ2) is 8.06. The van der Waals surface area contributed by atoms with Crippen molar-refractivity contribution in [1.29, 1.82) is 0 Å². The van der Waals surface area contributed by atoms with E-state index >= 15 is 0 Å². The van der Waals surface area contributed by atoms with E-state index in [1.54, 1.807) is 12.1 Å². The van der Waals surface area contributed by atoms with Gasteiger partial charge >= 0.3 is 11.9 Å². The average molecular weight is 431 g/mol. The van der Waals surface area contributed by atoms with Crippen LogP contribution in [0.2, 0.25) is 0 Å². The Balaban J connectivity index is 1.28. The normalized spacial score (nSPS) is 32.9. The summed E-state index contributed by atoms with van der Waals surface area (Å²) < 4.78 is 12.4. The lowest BCUT2D eigenvalue weighted by Crippen LogP contribution is -2.46. The van der Waals surface area contributed by atoms with Crippen LogP contribution in [0.15, 0.2) is 54.6 Å². The maximum absolute atomic E-state index is 13.1. The van der Waals surface area contributed by atoms with Crippen LogP contribution in [0.1, 0.15) is 65.9 Å². The maximum atomic E-state index is 13.1. The number of hydrogen-bond acceptors (Lipinski definition) is 4. The van der Waals surface area contributed by atoms with E-state index in [0.717, 1.165) is 38.5 Å². The minimum absolute atomic E-state index is 0.0000117. The molecule has 32 heavy (non-hydrogen) atoms. The van der Waals surface area contributed by atoms with Crippen LogP contribution in [0.4, 0.5) is 0 Å². The Morgan fingerprint density at radius 1 is 0.750 bits per heavy atom. The summed E-state index contributed by atoms with van der Waals surface area (Å²) in [5, 5.41) is 0. The van der Waals surface area contributed by atoms with Gasteiger partial charge in [0.15, 0.2) is 0 Å². The first-order valence-electron chi connectivity index (χ1n) is 12.2. The van der Waals surface area contributed by atoms with E-state index in [2.05, 4.69) is 24.3 Å². The summed E-state index contributed by atoms with van der Waals surface area (Å²) in [4.78, 5) is 26.1.